The molecule has 10 aromatic rings. The lowest BCUT2D eigenvalue weighted by molar-refractivity contribution is 0.819. The first-order valence-electron chi connectivity index (χ1n) is 17.7. The Morgan fingerprint density at radius 2 is 1.13 bits per heavy atom. The molecule has 3 aromatic heterocycles. The maximum Gasteiger partial charge on any atom is 0.230 e. The maximum atomic E-state index is 5.56. The van der Waals surface area contributed by atoms with Crippen LogP contribution < -0.4 is 0 Å². The number of hydrogen-bond acceptors (Lipinski definition) is 2. The van der Waals surface area contributed by atoms with Crippen molar-refractivity contribution in [3.05, 3.63) is 175 Å². The molecule has 0 saturated carbocycles. The summed E-state index contributed by atoms with van der Waals surface area (Å²) in [6.07, 6.45) is 0. The number of para-hydroxylation sites is 3. The van der Waals surface area contributed by atoms with Gasteiger partial charge in [0, 0.05) is 53.1 Å². The molecule has 1 unspecified atom stereocenters. The van der Waals surface area contributed by atoms with Crippen LogP contribution >= 0.6 is 11.3 Å². The van der Waals surface area contributed by atoms with Crippen molar-refractivity contribution in [1.29, 1.82) is 0 Å². The van der Waals surface area contributed by atoms with Crippen molar-refractivity contribution in [3.63, 3.8) is 0 Å². The van der Waals surface area contributed by atoms with E-state index in [2.05, 4.69) is 181 Å². The van der Waals surface area contributed by atoms with Crippen molar-refractivity contribution < 1.29 is 0 Å². The maximum absolute atomic E-state index is 5.56. The van der Waals surface area contributed by atoms with Gasteiger partial charge in [-0.25, -0.2) is 9.98 Å². The number of hydrogen-bond donors (Lipinski definition) is 0. The van der Waals surface area contributed by atoms with Crippen LogP contribution in [0.25, 0.3) is 69.5 Å². The number of aliphatic imine (C=N–C) groups is 2. The normalized spacial score (nSPS) is 13.3. The molecule has 52 heavy (non-hydrogen) atoms. The summed E-state index contributed by atoms with van der Waals surface area (Å²) in [5.74, 6) is 0.671. The topological polar surface area (TPSA) is 34.6 Å². The second-order valence-corrected chi connectivity index (χ2v) is 14.5. The van der Waals surface area contributed by atoms with Crippen LogP contribution in [0.5, 0.6) is 0 Å². The number of thiophene rings is 1. The predicted octanol–water partition coefficient (Wildman–Crippen LogP) is 12.7. The van der Waals surface area contributed by atoms with Gasteiger partial charge in [-0.1, -0.05) is 121 Å². The van der Waals surface area contributed by atoms with Crippen molar-refractivity contribution in [2.24, 2.45) is 9.98 Å². The van der Waals surface area contributed by atoms with E-state index in [0.717, 1.165) is 28.0 Å². The highest BCUT2D eigenvalue weighted by molar-refractivity contribution is 7.26. The van der Waals surface area contributed by atoms with Gasteiger partial charge < -0.3 is 4.57 Å². The Morgan fingerprint density at radius 3 is 1.92 bits per heavy atom. The fraction of sp³-hybridized carbons (Fsp3) is 0.0638. The number of benzene rings is 7. The van der Waals surface area contributed by atoms with Gasteiger partial charge in [0.1, 0.15) is 0 Å². The summed E-state index contributed by atoms with van der Waals surface area (Å²) < 4.78 is 7.24. The average molecular weight is 687 g/mol. The van der Waals surface area contributed by atoms with E-state index < -0.39 is 0 Å². The molecule has 0 spiro atoms. The fourth-order valence-electron chi connectivity index (χ4n) is 7.87. The molecular weight excluding hydrogens is 653 g/mol. The van der Waals surface area contributed by atoms with Gasteiger partial charge >= 0.3 is 0 Å². The third-order valence-electron chi connectivity index (χ3n) is 10.3. The Kier molecular flexibility index (Phi) is 7.15. The van der Waals surface area contributed by atoms with Crippen LogP contribution in [0.15, 0.2) is 174 Å². The van der Waals surface area contributed by atoms with Crippen LogP contribution in [0.3, 0.4) is 0 Å². The van der Waals surface area contributed by atoms with Gasteiger partial charge in [0.05, 0.1) is 28.1 Å². The zero-order valence-corrected chi connectivity index (χ0v) is 29.7. The molecule has 0 N–H and O–H groups in total. The van der Waals surface area contributed by atoms with Gasteiger partial charge in [0.15, 0.2) is 0 Å². The van der Waals surface area contributed by atoms with E-state index >= 15 is 0 Å². The van der Waals surface area contributed by atoms with Crippen LogP contribution in [-0.4, -0.2) is 20.8 Å². The first-order chi connectivity index (χ1) is 25.6. The molecule has 0 saturated heterocycles. The summed E-state index contributed by atoms with van der Waals surface area (Å²) in [6.45, 7) is 4.29. The van der Waals surface area contributed by atoms with E-state index in [1.807, 2.05) is 17.4 Å². The molecule has 3 heterocycles. The zero-order chi connectivity index (χ0) is 34.8. The van der Waals surface area contributed by atoms with Crippen molar-refractivity contribution in [2.45, 2.75) is 19.9 Å². The quantitative estimate of drug-likeness (QED) is 0.130. The second-order valence-electron chi connectivity index (χ2n) is 13.4. The standard InChI is InChI=1S/C47H34N4S/c1-30(32-16-5-3-6-17-32)48-47(49-31(2)34-23-15-24-38-37-22-11-14-27-45(37)52-46(34)38)51-42-26-13-10-21-36(42)40-28-43-39(29-44(40)51)35-20-9-12-25-41(35)50(43)33-18-7-4-8-19-33/h3-29,31H,1-2H3. The predicted molar refractivity (Wildman–Crippen MR) is 223 cm³/mol. The monoisotopic (exact) mass is 686 g/mol. The average Bonchev–Trinajstić information content (AvgIpc) is 3.85. The minimum absolute atomic E-state index is 0.154. The first-order valence-corrected chi connectivity index (χ1v) is 18.6. The van der Waals surface area contributed by atoms with Gasteiger partial charge in [-0.2, -0.15) is 0 Å². The molecule has 0 aliphatic heterocycles. The summed E-state index contributed by atoms with van der Waals surface area (Å²) in [6, 6.07) is 58.3. The second kappa shape index (κ2) is 12.2. The van der Waals surface area contributed by atoms with Gasteiger partial charge in [-0.3, -0.25) is 4.57 Å². The summed E-state index contributed by atoms with van der Waals surface area (Å²) in [7, 11) is 0. The molecular formula is C47H34N4S. The number of rotatable bonds is 4. The smallest absolute Gasteiger partial charge is 0.230 e. The van der Waals surface area contributed by atoms with Crippen LogP contribution in [0.2, 0.25) is 0 Å². The van der Waals surface area contributed by atoms with Crippen molar-refractivity contribution >= 4 is 86.8 Å². The van der Waals surface area contributed by atoms with Crippen molar-refractivity contribution in [1.82, 2.24) is 9.13 Å². The molecule has 0 bridgehead atoms. The zero-order valence-electron chi connectivity index (χ0n) is 28.9. The van der Waals surface area contributed by atoms with E-state index in [1.165, 1.54) is 58.3 Å². The summed E-state index contributed by atoms with van der Waals surface area (Å²) in [5, 5.41) is 7.32. The fourth-order valence-corrected chi connectivity index (χ4v) is 9.17. The number of aromatic nitrogens is 2. The third kappa shape index (κ3) is 4.81. The molecule has 10 rings (SSSR count). The van der Waals surface area contributed by atoms with Crippen LogP contribution in [0, 0.1) is 0 Å². The molecule has 0 amide bonds. The van der Waals surface area contributed by atoms with Crippen molar-refractivity contribution in [3.8, 4) is 5.69 Å². The van der Waals surface area contributed by atoms with E-state index in [1.54, 1.807) is 0 Å². The van der Waals surface area contributed by atoms with E-state index in [0.29, 0.717) is 5.96 Å². The highest BCUT2D eigenvalue weighted by Gasteiger charge is 2.21. The molecule has 5 heteroatoms. The Hall–Kier alpha value is -6.30. The molecule has 1 atom stereocenters. The highest BCUT2D eigenvalue weighted by Crippen LogP contribution is 2.41. The molecule has 0 fully saturated rings. The van der Waals surface area contributed by atoms with Crippen LogP contribution in [-0.2, 0) is 0 Å². The van der Waals surface area contributed by atoms with Gasteiger partial charge in [0.2, 0.25) is 5.96 Å². The molecule has 0 aliphatic carbocycles. The van der Waals surface area contributed by atoms with E-state index in [4.69, 9.17) is 9.98 Å². The lowest BCUT2D eigenvalue weighted by atomic mass is 10.0. The first kappa shape index (κ1) is 30.5. The Morgan fingerprint density at radius 1 is 0.538 bits per heavy atom. The van der Waals surface area contributed by atoms with Crippen LogP contribution in [0.1, 0.15) is 31.0 Å². The summed E-state index contributed by atoms with van der Waals surface area (Å²) >= 11 is 1.85. The van der Waals surface area contributed by atoms with Gasteiger partial charge in [0.25, 0.3) is 0 Å². The lowest BCUT2D eigenvalue weighted by Crippen LogP contribution is -2.13. The molecule has 7 aromatic carbocycles. The number of nitrogens with zero attached hydrogens (tertiary/aromatic N) is 4. The molecule has 248 valence electrons. The van der Waals surface area contributed by atoms with Crippen LogP contribution in [0.4, 0.5) is 0 Å². The Bertz CT molecular complexity index is 3030. The molecule has 0 aliphatic rings. The Balaban J connectivity index is 1.27. The molecule has 4 nitrogen and oxygen atoms in total. The minimum Gasteiger partial charge on any atom is -0.309 e. The van der Waals surface area contributed by atoms with Crippen molar-refractivity contribution in [2.75, 3.05) is 0 Å². The highest BCUT2D eigenvalue weighted by atomic mass is 32.1. The minimum atomic E-state index is -0.154. The largest absolute Gasteiger partial charge is 0.309 e. The summed E-state index contributed by atoms with van der Waals surface area (Å²) in [4.78, 5) is 11.0. The summed E-state index contributed by atoms with van der Waals surface area (Å²) in [5.41, 5.74) is 8.86. The molecule has 0 radical (unpaired) electrons. The SMILES string of the molecule is CC(=NC(=NC(C)c1cccc2c1sc1ccccc12)n1c2ccccc2c2cc3c(cc21)c1ccccc1n3-c1ccccc1)c1ccccc1. The van der Waals surface area contributed by atoms with E-state index in [9.17, 15) is 0 Å². The Labute approximate surface area is 305 Å². The third-order valence-corrected chi connectivity index (χ3v) is 11.6. The van der Waals surface area contributed by atoms with Gasteiger partial charge in [-0.05, 0) is 67.4 Å². The van der Waals surface area contributed by atoms with Gasteiger partial charge in [-0.15, -0.1) is 11.3 Å². The van der Waals surface area contributed by atoms with E-state index in [-0.39, 0.29) is 6.04 Å². The number of fused-ring (bicyclic) bond motifs is 9. The lowest BCUT2D eigenvalue weighted by Gasteiger charge is -2.14.